The zero-order valence-electron chi connectivity index (χ0n) is 16.2. The van der Waals surface area contributed by atoms with Crippen LogP contribution in [-0.4, -0.2) is 35.0 Å². The number of pyridine rings is 1. The van der Waals surface area contributed by atoms with Crippen molar-refractivity contribution in [2.45, 2.75) is 26.5 Å². The van der Waals surface area contributed by atoms with Crippen LogP contribution in [0.4, 0.5) is 0 Å². The van der Waals surface area contributed by atoms with Gasteiger partial charge < -0.3 is 14.2 Å². The van der Waals surface area contributed by atoms with Gasteiger partial charge in [-0.3, -0.25) is 14.5 Å². The Morgan fingerprint density at radius 3 is 2.75 bits per heavy atom. The molecule has 0 saturated carbocycles. The average molecular weight is 381 g/mol. The predicted octanol–water partition coefficient (Wildman–Crippen LogP) is 3.90. The zero-order valence-corrected chi connectivity index (χ0v) is 16.2. The molecule has 0 amide bonds. The molecule has 2 heterocycles. The van der Waals surface area contributed by atoms with Crippen molar-refractivity contribution in [2.24, 2.45) is 0 Å². The summed E-state index contributed by atoms with van der Waals surface area (Å²) in [6.07, 6.45) is 4.26. The minimum atomic E-state index is 0.117. The van der Waals surface area contributed by atoms with Gasteiger partial charge in [-0.1, -0.05) is 6.07 Å². The summed E-state index contributed by atoms with van der Waals surface area (Å²) in [6, 6.07) is 11.0. The smallest absolute Gasteiger partial charge is 0.188 e. The van der Waals surface area contributed by atoms with Gasteiger partial charge in [0.2, 0.25) is 0 Å². The van der Waals surface area contributed by atoms with Crippen molar-refractivity contribution in [3.8, 4) is 22.9 Å². The average Bonchev–Trinajstić information content (AvgIpc) is 3.21. The van der Waals surface area contributed by atoms with Gasteiger partial charge in [-0.25, -0.2) is 0 Å². The molecule has 2 aromatic heterocycles. The summed E-state index contributed by atoms with van der Waals surface area (Å²) in [4.78, 5) is 15.9. The highest BCUT2D eigenvalue weighted by Crippen LogP contribution is 2.27. The number of ether oxygens (including phenoxy) is 3. The van der Waals surface area contributed by atoms with Crippen LogP contribution >= 0.6 is 0 Å². The Morgan fingerprint density at radius 2 is 2.00 bits per heavy atom. The molecule has 0 radical (unpaired) electrons. The van der Waals surface area contributed by atoms with Crippen molar-refractivity contribution in [1.82, 2.24) is 14.8 Å². The lowest BCUT2D eigenvalue weighted by Gasteiger charge is -2.15. The number of aldehydes is 1. The van der Waals surface area contributed by atoms with Crippen LogP contribution in [0.2, 0.25) is 0 Å². The Bertz CT molecular complexity index is 937. The highest BCUT2D eigenvalue weighted by Gasteiger charge is 2.14. The number of methoxy groups -OCH3 is 1. The van der Waals surface area contributed by atoms with Crippen LogP contribution in [0.15, 0.2) is 48.8 Å². The van der Waals surface area contributed by atoms with Gasteiger partial charge in [0.25, 0.3) is 0 Å². The fourth-order valence-corrected chi connectivity index (χ4v) is 2.81. The third-order valence-electron chi connectivity index (χ3n) is 4.13. The Hall–Kier alpha value is -3.19. The SMILES string of the molecule is COCOc1ccc(C=O)c(OCc2cccnc2-c2ccnn2C(C)C)c1. The van der Waals surface area contributed by atoms with Crippen LogP contribution in [0.1, 0.15) is 35.8 Å². The number of aromatic nitrogens is 3. The number of hydrogen-bond acceptors (Lipinski definition) is 6. The van der Waals surface area contributed by atoms with E-state index in [9.17, 15) is 4.79 Å². The lowest BCUT2D eigenvalue weighted by Crippen LogP contribution is -2.08. The first kappa shape index (κ1) is 19.6. The number of carbonyl (C=O) groups is 1. The summed E-state index contributed by atoms with van der Waals surface area (Å²) in [5.74, 6) is 1.00. The lowest BCUT2D eigenvalue weighted by molar-refractivity contribution is 0.0509. The Balaban J connectivity index is 1.86. The normalized spacial score (nSPS) is 10.9. The minimum Gasteiger partial charge on any atom is -0.488 e. The highest BCUT2D eigenvalue weighted by atomic mass is 16.7. The quantitative estimate of drug-likeness (QED) is 0.413. The zero-order chi connectivity index (χ0) is 19.9. The summed E-state index contributed by atoms with van der Waals surface area (Å²) < 4.78 is 18.2. The minimum absolute atomic E-state index is 0.117. The second-order valence-corrected chi connectivity index (χ2v) is 6.42. The van der Waals surface area contributed by atoms with E-state index >= 15 is 0 Å². The molecule has 1 aromatic carbocycles. The van der Waals surface area contributed by atoms with Crippen LogP contribution in [0.3, 0.4) is 0 Å². The largest absolute Gasteiger partial charge is 0.488 e. The van der Waals surface area contributed by atoms with E-state index < -0.39 is 0 Å². The molecule has 0 unspecified atom stereocenters. The highest BCUT2D eigenvalue weighted by molar-refractivity contribution is 5.79. The molecule has 0 N–H and O–H groups in total. The number of carbonyl (C=O) groups excluding carboxylic acids is 1. The van der Waals surface area contributed by atoms with Gasteiger partial charge in [0.15, 0.2) is 13.1 Å². The number of hydrogen-bond donors (Lipinski definition) is 0. The van der Waals surface area contributed by atoms with Crippen LogP contribution in [0.5, 0.6) is 11.5 Å². The first-order valence-corrected chi connectivity index (χ1v) is 8.95. The van der Waals surface area contributed by atoms with Crippen molar-refractivity contribution in [3.05, 3.63) is 59.9 Å². The Labute approximate surface area is 163 Å². The van der Waals surface area contributed by atoms with E-state index in [-0.39, 0.29) is 19.4 Å². The number of benzene rings is 1. The monoisotopic (exact) mass is 381 g/mol. The molecule has 0 aliphatic rings. The summed E-state index contributed by atoms with van der Waals surface area (Å²) >= 11 is 0. The molecular formula is C21H23N3O4. The van der Waals surface area contributed by atoms with E-state index in [0.29, 0.717) is 17.1 Å². The van der Waals surface area contributed by atoms with E-state index in [2.05, 4.69) is 23.9 Å². The molecule has 0 saturated heterocycles. The number of nitrogens with zero attached hydrogens (tertiary/aromatic N) is 3. The third kappa shape index (κ3) is 4.37. The summed E-state index contributed by atoms with van der Waals surface area (Å²) in [5, 5.41) is 4.38. The second kappa shape index (κ2) is 9.14. The predicted molar refractivity (Wildman–Crippen MR) is 105 cm³/mol. The van der Waals surface area contributed by atoms with Gasteiger partial charge in [-0.05, 0) is 38.1 Å². The molecule has 0 bridgehead atoms. The molecule has 7 heteroatoms. The molecule has 0 atom stereocenters. The third-order valence-corrected chi connectivity index (χ3v) is 4.13. The molecule has 3 aromatic rings. The molecule has 28 heavy (non-hydrogen) atoms. The van der Waals surface area contributed by atoms with Crippen LogP contribution in [0.25, 0.3) is 11.4 Å². The van der Waals surface area contributed by atoms with Crippen molar-refractivity contribution < 1.29 is 19.0 Å². The van der Waals surface area contributed by atoms with Gasteiger partial charge >= 0.3 is 0 Å². The topological polar surface area (TPSA) is 75.5 Å². The molecular weight excluding hydrogens is 358 g/mol. The maximum absolute atomic E-state index is 11.4. The van der Waals surface area contributed by atoms with E-state index in [0.717, 1.165) is 23.2 Å². The van der Waals surface area contributed by atoms with Crippen molar-refractivity contribution in [2.75, 3.05) is 13.9 Å². The molecule has 0 aliphatic heterocycles. The Morgan fingerprint density at radius 1 is 1.14 bits per heavy atom. The van der Waals surface area contributed by atoms with Crippen molar-refractivity contribution in [1.29, 1.82) is 0 Å². The van der Waals surface area contributed by atoms with Crippen molar-refractivity contribution in [3.63, 3.8) is 0 Å². The summed E-state index contributed by atoms with van der Waals surface area (Å²) in [5.41, 5.74) is 3.06. The molecule has 0 spiro atoms. The van der Waals surface area contributed by atoms with Crippen LogP contribution < -0.4 is 9.47 Å². The molecule has 146 valence electrons. The van der Waals surface area contributed by atoms with E-state index in [1.54, 1.807) is 37.7 Å². The van der Waals surface area contributed by atoms with Gasteiger partial charge in [0, 0.05) is 37.2 Å². The fourth-order valence-electron chi connectivity index (χ4n) is 2.81. The van der Waals surface area contributed by atoms with Crippen molar-refractivity contribution >= 4 is 6.29 Å². The maximum Gasteiger partial charge on any atom is 0.188 e. The number of rotatable bonds is 9. The van der Waals surface area contributed by atoms with E-state index in [4.69, 9.17) is 14.2 Å². The van der Waals surface area contributed by atoms with Crippen LogP contribution in [0, 0.1) is 0 Å². The molecule has 0 fully saturated rings. The summed E-state index contributed by atoms with van der Waals surface area (Å²) in [7, 11) is 1.54. The second-order valence-electron chi connectivity index (χ2n) is 6.42. The fraction of sp³-hybridized carbons (Fsp3) is 0.286. The Kier molecular flexibility index (Phi) is 6.39. The standard InChI is InChI=1S/C21H23N3O4/c1-15(2)24-19(8-10-23-24)21-17(5-4-9-22-21)13-27-20-11-18(28-14-26-3)7-6-16(20)12-25/h4-12,15H,13-14H2,1-3H3. The molecule has 0 aliphatic carbocycles. The van der Waals surface area contributed by atoms with E-state index in [1.165, 1.54) is 0 Å². The summed E-state index contributed by atoms with van der Waals surface area (Å²) in [6.45, 7) is 4.50. The van der Waals surface area contributed by atoms with E-state index in [1.807, 2.05) is 22.9 Å². The van der Waals surface area contributed by atoms with Crippen LogP contribution in [-0.2, 0) is 11.3 Å². The van der Waals surface area contributed by atoms with Gasteiger partial charge in [0.1, 0.15) is 18.1 Å². The first-order chi connectivity index (χ1) is 13.6. The molecule has 3 rings (SSSR count). The molecule has 7 nitrogen and oxygen atoms in total. The maximum atomic E-state index is 11.4. The lowest BCUT2D eigenvalue weighted by atomic mass is 10.1. The first-order valence-electron chi connectivity index (χ1n) is 8.95. The van der Waals surface area contributed by atoms with Gasteiger partial charge in [-0.2, -0.15) is 5.10 Å². The van der Waals surface area contributed by atoms with Gasteiger partial charge in [-0.15, -0.1) is 0 Å². The van der Waals surface area contributed by atoms with Gasteiger partial charge in [0.05, 0.1) is 17.0 Å².